The van der Waals surface area contributed by atoms with Gasteiger partial charge in [0.05, 0.1) is 0 Å². The molecular formula is C17H18Cl2FN. The highest BCUT2D eigenvalue weighted by atomic mass is 35.5. The van der Waals surface area contributed by atoms with E-state index in [0.717, 1.165) is 18.5 Å². The van der Waals surface area contributed by atoms with E-state index >= 15 is 0 Å². The molecule has 1 unspecified atom stereocenters. The van der Waals surface area contributed by atoms with Crippen molar-refractivity contribution < 1.29 is 4.39 Å². The van der Waals surface area contributed by atoms with Crippen molar-refractivity contribution in [2.75, 3.05) is 6.54 Å². The summed E-state index contributed by atoms with van der Waals surface area (Å²) < 4.78 is 14.0. The Hall–Kier alpha value is -1.09. The van der Waals surface area contributed by atoms with E-state index in [2.05, 4.69) is 12.2 Å². The average Bonchev–Trinajstić information content (AvgIpc) is 2.46. The Labute approximate surface area is 135 Å². The van der Waals surface area contributed by atoms with Crippen LogP contribution >= 0.6 is 23.2 Å². The zero-order valence-corrected chi connectivity index (χ0v) is 13.4. The van der Waals surface area contributed by atoms with Gasteiger partial charge in [0.15, 0.2) is 0 Å². The summed E-state index contributed by atoms with van der Waals surface area (Å²) in [4.78, 5) is 0. The fraction of sp³-hybridized carbons (Fsp3) is 0.294. The maximum Gasteiger partial charge on any atom is 0.127 e. The number of halogens is 3. The van der Waals surface area contributed by atoms with Crippen molar-refractivity contribution in [3.8, 4) is 0 Å². The third kappa shape index (κ3) is 4.44. The summed E-state index contributed by atoms with van der Waals surface area (Å²) in [6.07, 6.45) is 1.49. The molecule has 1 atom stereocenters. The third-order valence-corrected chi connectivity index (χ3v) is 3.95. The quantitative estimate of drug-likeness (QED) is 0.748. The van der Waals surface area contributed by atoms with Crippen LogP contribution in [-0.2, 0) is 6.42 Å². The number of hydrogen-bond donors (Lipinski definition) is 1. The third-order valence-electron chi connectivity index (χ3n) is 3.36. The molecule has 0 amide bonds. The van der Waals surface area contributed by atoms with Crippen molar-refractivity contribution in [1.29, 1.82) is 0 Å². The molecule has 1 N–H and O–H groups in total. The van der Waals surface area contributed by atoms with Crippen LogP contribution in [0.3, 0.4) is 0 Å². The average molecular weight is 326 g/mol. The molecule has 0 aliphatic heterocycles. The molecular weight excluding hydrogens is 308 g/mol. The largest absolute Gasteiger partial charge is 0.310 e. The normalized spacial score (nSPS) is 12.4. The first kappa shape index (κ1) is 16.3. The Morgan fingerprint density at radius 1 is 1.14 bits per heavy atom. The summed E-state index contributed by atoms with van der Waals surface area (Å²) in [5.41, 5.74) is 1.57. The minimum atomic E-state index is -0.271. The Morgan fingerprint density at radius 3 is 2.57 bits per heavy atom. The van der Waals surface area contributed by atoms with Gasteiger partial charge in [0.1, 0.15) is 5.82 Å². The van der Waals surface area contributed by atoms with E-state index < -0.39 is 0 Å². The second-order valence-corrected chi connectivity index (χ2v) is 5.81. The van der Waals surface area contributed by atoms with Crippen LogP contribution in [0.2, 0.25) is 10.0 Å². The highest BCUT2D eigenvalue weighted by Crippen LogP contribution is 2.27. The van der Waals surface area contributed by atoms with Crippen molar-refractivity contribution >= 4 is 23.2 Å². The van der Waals surface area contributed by atoms with Crippen LogP contribution in [0, 0.1) is 5.82 Å². The maximum atomic E-state index is 14.0. The van der Waals surface area contributed by atoms with Crippen molar-refractivity contribution in [2.24, 2.45) is 0 Å². The molecule has 0 spiro atoms. The zero-order valence-electron chi connectivity index (χ0n) is 11.9. The number of nitrogens with one attached hydrogen (secondary N) is 1. The van der Waals surface area contributed by atoms with Crippen molar-refractivity contribution in [2.45, 2.75) is 25.8 Å². The van der Waals surface area contributed by atoms with Gasteiger partial charge in [-0.2, -0.15) is 0 Å². The molecule has 4 heteroatoms. The highest BCUT2D eigenvalue weighted by Gasteiger charge is 2.16. The van der Waals surface area contributed by atoms with Gasteiger partial charge in [0, 0.05) is 21.7 Å². The van der Waals surface area contributed by atoms with Gasteiger partial charge in [0.2, 0.25) is 0 Å². The van der Waals surface area contributed by atoms with Crippen LogP contribution < -0.4 is 5.32 Å². The summed E-state index contributed by atoms with van der Waals surface area (Å²) >= 11 is 12.2. The second-order valence-electron chi connectivity index (χ2n) is 4.97. The molecule has 0 saturated heterocycles. The number of benzene rings is 2. The standard InChI is InChI=1S/C17H18Cl2FN/c1-2-9-21-17(12-5-3-6-13(18)10-12)11-14-15(19)7-4-8-16(14)20/h3-8,10,17,21H,2,9,11H2,1H3. The minimum Gasteiger partial charge on any atom is -0.310 e. The van der Waals surface area contributed by atoms with E-state index in [1.807, 2.05) is 24.3 Å². The first-order valence-corrected chi connectivity index (χ1v) is 7.79. The SMILES string of the molecule is CCCNC(Cc1c(F)cccc1Cl)c1cccc(Cl)c1. The molecule has 0 aliphatic carbocycles. The minimum absolute atomic E-state index is 0.0157. The van der Waals surface area contributed by atoms with Gasteiger partial charge in [0.25, 0.3) is 0 Å². The molecule has 1 nitrogen and oxygen atoms in total. The first-order valence-electron chi connectivity index (χ1n) is 7.03. The topological polar surface area (TPSA) is 12.0 Å². The molecule has 0 radical (unpaired) electrons. The van der Waals surface area contributed by atoms with Gasteiger partial charge in [-0.25, -0.2) is 4.39 Å². The monoisotopic (exact) mass is 325 g/mol. The summed E-state index contributed by atoms with van der Waals surface area (Å²) in [6, 6.07) is 12.4. The van der Waals surface area contributed by atoms with Gasteiger partial charge in [-0.15, -0.1) is 0 Å². The van der Waals surface area contributed by atoms with E-state index in [9.17, 15) is 4.39 Å². The molecule has 0 saturated carbocycles. The summed E-state index contributed by atoms with van der Waals surface area (Å²) in [6.45, 7) is 2.95. The lowest BCUT2D eigenvalue weighted by Gasteiger charge is -2.20. The maximum absolute atomic E-state index is 14.0. The zero-order chi connectivity index (χ0) is 15.2. The van der Waals surface area contributed by atoms with Gasteiger partial charge in [-0.1, -0.05) is 48.3 Å². The van der Waals surface area contributed by atoms with Gasteiger partial charge < -0.3 is 5.32 Å². The van der Waals surface area contributed by atoms with E-state index in [1.165, 1.54) is 6.07 Å². The van der Waals surface area contributed by atoms with Crippen LogP contribution in [0.1, 0.15) is 30.5 Å². The molecule has 0 fully saturated rings. The summed E-state index contributed by atoms with van der Waals surface area (Å²) in [5.74, 6) is -0.271. The molecule has 0 aliphatic rings. The predicted octanol–water partition coefficient (Wildman–Crippen LogP) is 5.42. The van der Waals surface area contributed by atoms with Crippen LogP contribution in [0.25, 0.3) is 0 Å². The smallest absolute Gasteiger partial charge is 0.127 e. The van der Waals surface area contributed by atoms with Gasteiger partial charge in [-0.3, -0.25) is 0 Å². The van der Waals surface area contributed by atoms with Crippen LogP contribution in [0.4, 0.5) is 4.39 Å². The lowest BCUT2D eigenvalue weighted by atomic mass is 9.98. The van der Waals surface area contributed by atoms with Crippen molar-refractivity contribution in [3.63, 3.8) is 0 Å². The van der Waals surface area contributed by atoms with Crippen molar-refractivity contribution in [3.05, 3.63) is 69.5 Å². The fourth-order valence-electron chi connectivity index (χ4n) is 2.28. The van der Waals surface area contributed by atoms with E-state index in [-0.39, 0.29) is 11.9 Å². The van der Waals surface area contributed by atoms with Crippen LogP contribution in [-0.4, -0.2) is 6.54 Å². The fourth-order valence-corrected chi connectivity index (χ4v) is 2.72. The lowest BCUT2D eigenvalue weighted by Crippen LogP contribution is -2.24. The van der Waals surface area contributed by atoms with Crippen molar-refractivity contribution in [1.82, 2.24) is 5.32 Å². The van der Waals surface area contributed by atoms with Gasteiger partial charge >= 0.3 is 0 Å². The van der Waals surface area contributed by atoms with E-state index in [1.54, 1.807) is 12.1 Å². The molecule has 0 bridgehead atoms. The Kier molecular flexibility index (Phi) is 6.04. The molecule has 2 aromatic carbocycles. The Balaban J connectivity index is 2.28. The van der Waals surface area contributed by atoms with Crippen LogP contribution in [0.5, 0.6) is 0 Å². The molecule has 0 aromatic heterocycles. The molecule has 21 heavy (non-hydrogen) atoms. The van der Waals surface area contributed by atoms with Crippen LogP contribution in [0.15, 0.2) is 42.5 Å². The summed E-state index contributed by atoms with van der Waals surface area (Å²) in [5, 5.41) is 4.57. The number of hydrogen-bond acceptors (Lipinski definition) is 1. The lowest BCUT2D eigenvalue weighted by molar-refractivity contribution is 0.513. The molecule has 112 valence electrons. The van der Waals surface area contributed by atoms with Gasteiger partial charge in [-0.05, 0) is 49.2 Å². The Bertz CT molecular complexity index is 581. The number of rotatable bonds is 6. The highest BCUT2D eigenvalue weighted by molar-refractivity contribution is 6.31. The second kappa shape index (κ2) is 7.79. The predicted molar refractivity (Wildman–Crippen MR) is 87.6 cm³/mol. The molecule has 0 heterocycles. The molecule has 2 aromatic rings. The summed E-state index contributed by atoms with van der Waals surface area (Å²) in [7, 11) is 0. The first-order chi connectivity index (χ1) is 10.1. The van der Waals surface area contributed by atoms with E-state index in [0.29, 0.717) is 22.0 Å². The molecule has 2 rings (SSSR count). The Morgan fingerprint density at radius 2 is 1.90 bits per heavy atom. The van der Waals surface area contributed by atoms with E-state index in [4.69, 9.17) is 23.2 Å².